The molecule has 0 spiro atoms. The van der Waals surface area contributed by atoms with Crippen LogP contribution in [0.1, 0.15) is 37.4 Å². The lowest BCUT2D eigenvalue weighted by atomic mass is 9.96. The minimum absolute atomic E-state index is 0.157. The molecule has 0 heterocycles. The van der Waals surface area contributed by atoms with E-state index < -0.39 is 0 Å². The molecule has 2 rings (SSSR count). The fraction of sp³-hybridized carbons (Fsp3) is 0.333. The molecule has 1 unspecified atom stereocenters. The van der Waals surface area contributed by atoms with Crippen LogP contribution in [0, 0.1) is 18.6 Å². The number of hydrogen-bond acceptors (Lipinski definition) is 1. The fourth-order valence-electron chi connectivity index (χ4n) is 2.43. The first-order chi connectivity index (χ1) is 10.0. The molecule has 0 aliphatic heterocycles. The van der Waals surface area contributed by atoms with E-state index in [2.05, 4.69) is 19.2 Å². The molecule has 0 aliphatic carbocycles. The van der Waals surface area contributed by atoms with Gasteiger partial charge in [0, 0.05) is 11.6 Å². The van der Waals surface area contributed by atoms with Crippen LogP contribution < -0.4 is 5.32 Å². The second-order valence-electron chi connectivity index (χ2n) is 5.37. The first kappa shape index (κ1) is 15.6. The maximum Gasteiger partial charge on any atom is 0.131 e. The molecule has 0 aliphatic rings. The average molecular weight is 289 g/mol. The highest BCUT2D eigenvalue weighted by atomic mass is 19.1. The number of nitrogens with one attached hydrogen (secondary N) is 1. The SMILES string of the molecule is CCCNC(C)c1ccc(F)c(-c2ccc(F)cc2C)c1. The molecular formula is C18H21F2N. The Balaban J connectivity index is 2.39. The van der Waals surface area contributed by atoms with Gasteiger partial charge in [-0.1, -0.05) is 19.1 Å². The maximum absolute atomic E-state index is 14.1. The van der Waals surface area contributed by atoms with Gasteiger partial charge in [-0.3, -0.25) is 0 Å². The van der Waals surface area contributed by atoms with E-state index >= 15 is 0 Å². The fourth-order valence-corrected chi connectivity index (χ4v) is 2.43. The smallest absolute Gasteiger partial charge is 0.131 e. The van der Waals surface area contributed by atoms with Gasteiger partial charge in [-0.2, -0.15) is 0 Å². The van der Waals surface area contributed by atoms with Crippen molar-refractivity contribution in [3.05, 3.63) is 59.2 Å². The molecule has 2 aromatic rings. The Morgan fingerprint density at radius 2 is 1.81 bits per heavy atom. The maximum atomic E-state index is 14.1. The summed E-state index contributed by atoms with van der Waals surface area (Å²) >= 11 is 0. The molecule has 0 aromatic heterocycles. The van der Waals surface area contributed by atoms with Crippen molar-refractivity contribution in [1.82, 2.24) is 5.32 Å². The van der Waals surface area contributed by atoms with Gasteiger partial charge < -0.3 is 5.32 Å². The zero-order valence-electron chi connectivity index (χ0n) is 12.7. The predicted molar refractivity (Wildman–Crippen MR) is 83.2 cm³/mol. The quantitative estimate of drug-likeness (QED) is 0.816. The van der Waals surface area contributed by atoms with Gasteiger partial charge in [0.05, 0.1) is 0 Å². The Morgan fingerprint density at radius 3 is 2.48 bits per heavy atom. The Bertz CT molecular complexity index is 623. The number of hydrogen-bond donors (Lipinski definition) is 1. The van der Waals surface area contributed by atoms with Crippen molar-refractivity contribution in [1.29, 1.82) is 0 Å². The summed E-state index contributed by atoms with van der Waals surface area (Å²) in [5, 5.41) is 3.39. The highest BCUT2D eigenvalue weighted by Gasteiger charge is 2.12. The third-order valence-electron chi connectivity index (χ3n) is 3.67. The molecular weight excluding hydrogens is 268 g/mol. The minimum atomic E-state index is -0.300. The topological polar surface area (TPSA) is 12.0 Å². The van der Waals surface area contributed by atoms with Crippen molar-refractivity contribution >= 4 is 0 Å². The largest absolute Gasteiger partial charge is 0.310 e. The van der Waals surface area contributed by atoms with Gasteiger partial charge in [0.25, 0.3) is 0 Å². The Morgan fingerprint density at radius 1 is 1.05 bits per heavy atom. The standard InChI is InChI=1S/C18H21F2N/c1-4-9-21-13(3)14-5-8-18(20)17(11-14)16-7-6-15(19)10-12(16)2/h5-8,10-11,13,21H,4,9H2,1-3H3. The first-order valence-electron chi connectivity index (χ1n) is 7.32. The summed E-state index contributed by atoms with van der Waals surface area (Å²) in [6.07, 6.45) is 1.05. The van der Waals surface area contributed by atoms with Crippen molar-refractivity contribution in [2.75, 3.05) is 6.54 Å². The summed E-state index contributed by atoms with van der Waals surface area (Å²) in [5.41, 5.74) is 3.03. The molecule has 0 fully saturated rings. The van der Waals surface area contributed by atoms with Crippen molar-refractivity contribution in [2.45, 2.75) is 33.2 Å². The monoisotopic (exact) mass is 289 g/mol. The van der Waals surface area contributed by atoms with Crippen LogP contribution in [0.15, 0.2) is 36.4 Å². The lowest BCUT2D eigenvalue weighted by Crippen LogP contribution is -2.19. The van der Waals surface area contributed by atoms with Gasteiger partial charge in [-0.15, -0.1) is 0 Å². The summed E-state index contributed by atoms with van der Waals surface area (Å²) in [5.74, 6) is -0.582. The molecule has 0 saturated heterocycles. The number of halogens is 2. The molecule has 0 saturated carbocycles. The van der Waals surface area contributed by atoms with E-state index in [0.29, 0.717) is 5.56 Å². The Hall–Kier alpha value is -1.74. The van der Waals surface area contributed by atoms with Crippen LogP contribution in [0.25, 0.3) is 11.1 Å². The molecule has 0 bridgehead atoms. The van der Waals surface area contributed by atoms with E-state index in [1.165, 1.54) is 18.2 Å². The van der Waals surface area contributed by atoms with Crippen molar-refractivity contribution in [3.8, 4) is 11.1 Å². The number of rotatable bonds is 5. The molecule has 0 amide bonds. The van der Waals surface area contributed by atoms with Crippen LogP contribution in [-0.2, 0) is 0 Å². The third kappa shape index (κ3) is 3.67. The number of aryl methyl sites for hydroxylation is 1. The highest BCUT2D eigenvalue weighted by molar-refractivity contribution is 5.68. The van der Waals surface area contributed by atoms with Crippen molar-refractivity contribution in [3.63, 3.8) is 0 Å². The molecule has 1 atom stereocenters. The van der Waals surface area contributed by atoms with Crippen LogP contribution >= 0.6 is 0 Å². The first-order valence-corrected chi connectivity index (χ1v) is 7.32. The minimum Gasteiger partial charge on any atom is -0.310 e. The second kappa shape index (κ2) is 6.81. The zero-order valence-corrected chi connectivity index (χ0v) is 12.7. The van der Waals surface area contributed by atoms with Gasteiger partial charge in [0.15, 0.2) is 0 Å². The van der Waals surface area contributed by atoms with Crippen LogP contribution in [0.4, 0.5) is 8.78 Å². The molecule has 21 heavy (non-hydrogen) atoms. The molecule has 1 N–H and O–H groups in total. The molecule has 3 heteroatoms. The number of benzene rings is 2. The van der Waals surface area contributed by atoms with Crippen molar-refractivity contribution < 1.29 is 8.78 Å². The summed E-state index contributed by atoms with van der Waals surface area (Å²) < 4.78 is 27.3. The summed E-state index contributed by atoms with van der Waals surface area (Å²) in [7, 11) is 0. The van der Waals surface area contributed by atoms with Gasteiger partial charge in [0.1, 0.15) is 11.6 Å². The van der Waals surface area contributed by atoms with Gasteiger partial charge in [-0.05, 0) is 67.8 Å². The van der Waals surface area contributed by atoms with E-state index in [9.17, 15) is 8.78 Å². The van der Waals surface area contributed by atoms with Crippen LogP contribution in [0.5, 0.6) is 0 Å². The molecule has 2 aromatic carbocycles. The van der Waals surface area contributed by atoms with Crippen LogP contribution in [-0.4, -0.2) is 6.54 Å². The zero-order chi connectivity index (χ0) is 15.4. The normalized spacial score (nSPS) is 12.4. The van der Waals surface area contributed by atoms with E-state index in [0.717, 1.165) is 29.7 Å². The van der Waals surface area contributed by atoms with Crippen LogP contribution in [0.2, 0.25) is 0 Å². The van der Waals surface area contributed by atoms with E-state index in [1.54, 1.807) is 19.1 Å². The molecule has 0 radical (unpaired) electrons. The highest BCUT2D eigenvalue weighted by Crippen LogP contribution is 2.29. The average Bonchev–Trinajstić information content (AvgIpc) is 2.46. The Kier molecular flexibility index (Phi) is 5.07. The van der Waals surface area contributed by atoms with Gasteiger partial charge in [0.2, 0.25) is 0 Å². The molecule has 1 nitrogen and oxygen atoms in total. The van der Waals surface area contributed by atoms with Crippen molar-refractivity contribution in [2.24, 2.45) is 0 Å². The summed E-state index contributed by atoms with van der Waals surface area (Å²) in [4.78, 5) is 0. The summed E-state index contributed by atoms with van der Waals surface area (Å²) in [6, 6.07) is 9.72. The lowest BCUT2D eigenvalue weighted by Gasteiger charge is -2.16. The van der Waals surface area contributed by atoms with E-state index in [-0.39, 0.29) is 17.7 Å². The predicted octanol–water partition coefficient (Wildman–Crippen LogP) is 5.00. The molecule has 112 valence electrons. The summed E-state index contributed by atoms with van der Waals surface area (Å²) in [6.45, 7) is 6.88. The third-order valence-corrected chi connectivity index (χ3v) is 3.67. The van der Waals surface area contributed by atoms with Gasteiger partial charge >= 0.3 is 0 Å². The van der Waals surface area contributed by atoms with E-state index in [4.69, 9.17) is 0 Å². The second-order valence-corrected chi connectivity index (χ2v) is 5.37. The van der Waals surface area contributed by atoms with Crippen LogP contribution in [0.3, 0.4) is 0 Å². The van der Waals surface area contributed by atoms with E-state index in [1.807, 2.05) is 6.07 Å². The Labute approximate surface area is 125 Å². The van der Waals surface area contributed by atoms with Gasteiger partial charge in [-0.25, -0.2) is 8.78 Å². The lowest BCUT2D eigenvalue weighted by molar-refractivity contribution is 0.568.